The fourth-order valence-electron chi connectivity index (χ4n) is 2.07. The van der Waals surface area contributed by atoms with Crippen molar-refractivity contribution in [3.63, 3.8) is 0 Å². The molecule has 7 nitrogen and oxygen atoms in total. The van der Waals surface area contributed by atoms with E-state index in [-0.39, 0.29) is 10.9 Å². The van der Waals surface area contributed by atoms with Crippen LogP contribution in [0.15, 0.2) is 44.5 Å². The number of aromatic nitrogens is 1. The first-order chi connectivity index (χ1) is 12.1. The summed E-state index contributed by atoms with van der Waals surface area (Å²) < 4.78 is 32.2. The van der Waals surface area contributed by atoms with Crippen molar-refractivity contribution in [2.45, 2.75) is 31.4 Å². The molecule has 0 atom stereocenters. The number of hydrogen-bond donors (Lipinski definition) is 2. The molecule has 1 amide bonds. The maximum Gasteiger partial charge on any atom is 0.293 e. The molecular formula is C16H17N3O4S3. The largest absolute Gasteiger partial charge is 0.438 e. The maximum absolute atomic E-state index is 12.3. The van der Waals surface area contributed by atoms with Crippen molar-refractivity contribution < 1.29 is 17.6 Å². The number of nitrogens with zero attached hydrogens (tertiary/aromatic N) is 1. The minimum atomic E-state index is -3.84. The van der Waals surface area contributed by atoms with E-state index >= 15 is 0 Å². The van der Waals surface area contributed by atoms with Gasteiger partial charge in [-0.15, -0.1) is 22.7 Å². The van der Waals surface area contributed by atoms with Crippen LogP contribution in [0.5, 0.6) is 0 Å². The molecule has 0 bridgehead atoms. The van der Waals surface area contributed by atoms with Gasteiger partial charge in [0, 0.05) is 10.9 Å². The zero-order valence-electron chi connectivity index (χ0n) is 14.3. The monoisotopic (exact) mass is 411 g/mol. The van der Waals surface area contributed by atoms with E-state index in [1.165, 1.54) is 23.5 Å². The van der Waals surface area contributed by atoms with Crippen LogP contribution in [0.4, 0.5) is 5.13 Å². The molecule has 3 heterocycles. The Bertz CT molecular complexity index is 1010. The van der Waals surface area contributed by atoms with E-state index in [2.05, 4.69) is 15.0 Å². The third-order valence-electron chi connectivity index (χ3n) is 3.01. The normalized spacial score (nSPS) is 12.3. The van der Waals surface area contributed by atoms with Crippen LogP contribution in [-0.2, 0) is 10.0 Å². The lowest BCUT2D eigenvalue weighted by atomic mass is 10.1. The molecule has 138 valence electrons. The van der Waals surface area contributed by atoms with E-state index < -0.39 is 21.5 Å². The summed E-state index contributed by atoms with van der Waals surface area (Å²) in [6.07, 6.45) is 0. The fraction of sp³-hybridized carbons (Fsp3) is 0.250. The Hall–Kier alpha value is -2.01. The molecule has 0 fully saturated rings. The highest BCUT2D eigenvalue weighted by Gasteiger charge is 2.26. The molecule has 0 aliphatic rings. The van der Waals surface area contributed by atoms with Gasteiger partial charge in [-0.3, -0.25) is 10.1 Å². The molecule has 0 aliphatic carbocycles. The van der Waals surface area contributed by atoms with Crippen LogP contribution >= 0.6 is 22.7 Å². The van der Waals surface area contributed by atoms with Crippen molar-refractivity contribution in [3.8, 4) is 10.6 Å². The van der Waals surface area contributed by atoms with Gasteiger partial charge in [-0.1, -0.05) is 6.07 Å². The molecule has 10 heteroatoms. The lowest BCUT2D eigenvalue weighted by Crippen LogP contribution is -2.40. The Labute approximate surface area is 159 Å². The molecule has 0 unspecified atom stereocenters. The number of thiazole rings is 1. The number of carbonyl (C=O) groups excluding carboxylic acids is 1. The van der Waals surface area contributed by atoms with Gasteiger partial charge in [0.2, 0.25) is 5.09 Å². The van der Waals surface area contributed by atoms with Crippen LogP contribution < -0.4 is 10.0 Å². The number of anilines is 1. The first-order valence-electron chi connectivity index (χ1n) is 7.59. The minimum absolute atomic E-state index is 0.104. The Balaban J connectivity index is 1.73. The average Bonchev–Trinajstić information content (AvgIpc) is 3.26. The van der Waals surface area contributed by atoms with Crippen molar-refractivity contribution in [1.82, 2.24) is 9.71 Å². The van der Waals surface area contributed by atoms with Crippen LogP contribution in [0.1, 0.15) is 31.3 Å². The molecule has 0 aliphatic heterocycles. The lowest BCUT2D eigenvalue weighted by Gasteiger charge is -2.18. The van der Waals surface area contributed by atoms with E-state index in [9.17, 15) is 13.2 Å². The second kappa shape index (κ2) is 6.95. The molecule has 0 saturated heterocycles. The number of carbonyl (C=O) groups is 1. The van der Waals surface area contributed by atoms with Crippen molar-refractivity contribution >= 4 is 43.7 Å². The van der Waals surface area contributed by atoms with Crippen LogP contribution in [0.3, 0.4) is 0 Å². The van der Waals surface area contributed by atoms with Crippen LogP contribution in [-0.4, -0.2) is 24.8 Å². The summed E-state index contributed by atoms with van der Waals surface area (Å²) in [4.78, 5) is 17.6. The third-order valence-corrected chi connectivity index (χ3v) is 6.29. The van der Waals surface area contributed by atoms with Crippen molar-refractivity contribution in [2.24, 2.45) is 0 Å². The molecule has 3 rings (SSSR count). The van der Waals surface area contributed by atoms with Gasteiger partial charge in [-0.25, -0.2) is 18.1 Å². The number of sulfonamides is 1. The van der Waals surface area contributed by atoms with Crippen molar-refractivity contribution in [2.75, 3.05) is 5.32 Å². The van der Waals surface area contributed by atoms with E-state index in [1.807, 2.05) is 22.9 Å². The summed E-state index contributed by atoms with van der Waals surface area (Å²) in [5.74, 6) is -0.665. The smallest absolute Gasteiger partial charge is 0.293 e. The third kappa shape index (κ3) is 4.39. The Morgan fingerprint density at radius 1 is 1.19 bits per heavy atom. The van der Waals surface area contributed by atoms with Crippen LogP contribution in [0.25, 0.3) is 10.6 Å². The average molecular weight is 412 g/mol. The predicted octanol–water partition coefficient (Wildman–Crippen LogP) is 3.79. The highest BCUT2D eigenvalue weighted by Crippen LogP contribution is 2.28. The number of furan rings is 1. The van der Waals surface area contributed by atoms with Crippen LogP contribution in [0, 0.1) is 0 Å². The molecule has 0 saturated carbocycles. The fourth-order valence-corrected chi connectivity index (χ4v) is 4.89. The maximum atomic E-state index is 12.3. The summed E-state index contributed by atoms with van der Waals surface area (Å²) in [6, 6.07) is 6.44. The highest BCUT2D eigenvalue weighted by atomic mass is 32.2. The van der Waals surface area contributed by atoms with Gasteiger partial charge in [0.05, 0.1) is 10.6 Å². The summed E-state index contributed by atoms with van der Waals surface area (Å²) in [6.45, 7) is 5.15. The van der Waals surface area contributed by atoms with Gasteiger partial charge in [-0.05, 0) is 44.4 Å². The quantitative estimate of drug-likeness (QED) is 0.665. The molecule has 26 heavy (non-hydrogen) atoms. The Morgan fingerprint density at radius 3 is 2.62 bits per heavy atom. The summed E-state index contributed by atoms with van der Waals surface area (Å²) >= 11 is 2.84. The number of amides is 1. The predicted molar refractivity (Wildman–Crippen MR) is 102 cm³/mol. The number of rotatable bonds is 5. The van der Waals surface area contributed by atoms with Crippen molar-refractivity contribution in [3.05, 3.63) is 40.8 Å². The molecule has 3 aromatic rings. The van der Waals surface area contributed by atoms with Gasteiger partial charge in [0.15, 0.2) is 10.9 Å². The molecule has 0 spiro atoms. The number of thiophene rings is 1. The molecular weight excluding hydrogens is 394 g/mol. The van der Waals surface area contributed by atoms with Gasteiger partial charge >= 0.3 is 0 Å². The first kappa shape index (κ1) is 18.8. The van der Waals surface area contributed by atoms with Gasteiger partial charge in [0.1, 0.15) is 0 Å². The first-order valence-corrected chi connectivity index (χ1v) is 10.8. The number of nitrogens with one attached hydrogen (secondary N) is 2. The second-order valence-corrected chi connectivity index (χ2v) is 9.86. The standard InChI is InChI=1S/C16H17N3O4S3/c1-16(2,3)19-26(21,22)13-7-6-11(23-13)14(20)18-15-17-10(9-25-15)12-5-4-8-24-12/h4-9,19H,1-3H3,(H,17,18,20). The lowest BCUT2D eigenvalue weighted by molar-refractivity contribution is 0.0991. The molecule has 0 aromatic carbocycles. The van der Waals surface area contributed by atoms with E-state index in [0.29, 0.717) is 5.13 Å². The van der Waals surface area contributed by atoms with Crippen LogP contribution in [0.2, 0.25) is 0 Å². The zero-order valence-corrected chi connectivity index (χ0v) is 16.7. The highest BCUT2D eigenvalue weighted by molar-refractivity contribution is 7.89. The Morgan fingerprint density at radius 2 is 1.96 bits per heavy atom. The van der Waals surface area contributed by atoms with Crippen molar-refractivity contribution in [1.29, 1.82) is 0 Å². The SMILES string of the molecule is CC(C)(C)NS(=O)(=O)c1ccc(C(=O)Nc2nc(-c3cccs3)cs2)o1. The summed E-state index contributed by atoms with van der Waals surface area (Å²) in [5.41, 5.74) is 0.116. The summed E-state index contributed by atoms with van der Waals surface area (Å²) in [7, 11) is -3.84. The molecule has 3 aromatic heterocycles. The zero-order chi connectivity index (χ0) is 18.9. The van der Waals surface area contributed by atoms with E-state index in [1.54, 1.807) is 32.1 Å². The van der Waals surface area contributed by atoms with Gasteiger partial charge in [0.25, 0.3) is 15.9 Å². The Kier molecular flexibility index (Phi) is 5.02. The van der Waals surface area contributed by atoms with Gasteiger partial charge < -0.3 is 4.42 Å². The minimum Gasteiger partial charge on any atom is -0.438 e. The molecule has 2 N–H and O–H groups in total. The second-order valence-electron chi connectivity index (χ2n) is 6.44. The van der Waals surface area contributed by atoms with E-state index in [0.717, 1.165) is 10.6 Å². The number of hydrogen-bond acceptors (Lipinski definition) is 7. The van der Waals surface area contributed by atoms with E-state index in [4.69, 9.17) is 4.42 Å². The summed E-state index contributed by atoms with van der Waals surface area (Å²) in [5, 5.41) is 6.51. The topological polar surface area (TPSA) is 101 Å². The van der Waals surface area contributed by atoms with Gasteiger partial charge in [-0.2, -0.15) is 0 Å². The molecule has 0 radical (unpaired) electrons.